The molecule has 0 spiro atoms. The highest BCUT2D eigenvalue weighted by molar-refractivity contribution is 7.89. The van der Waals surface area contributed by atoms with Crippen LogP contribution in [-0.2, 0) is 30.1 Å². The number of hydrogen-bond donors (Lipinski definition) is 1. The highest BCUT2D eigenvalue weighted by Crippen LogP contribution is 2.35. The summed E-state index contributed by atoms with van der Waals surface area (Å²) in [6, 6.07) is 11.5. The van der Waals surface area contributed by atoms with Crippen molar-refractivity contribution in [3.63, 3.8) is 0 Å². The first-order valence-electron chi connectivity index (χ1n) is 12.2. The number of fused-ring (bicyclic) bond motifs is 1. The first kappa shape index (κ1) is 30.0. The Bertz CT molecular complexity index is 1860. The normalized spacial score (nSPS) is 13.2. The summed E-state index contributed by atoms with van der Waals surface area (Å²) in [5, 5.41) is 12.7. The Morgan fingerprint density at radius 2 is 1.80 bits per heavy atom. The Morgan fingerprint density at radius 3 is 2.41 bits per heavy atom. The van der Waals surface area contributed by atoms with Gasteiger partial charge in [-0.1, -0.05) is 51.1 Å². The molecular formula is C27H27F2N5O5S2. The molecule has 1 atom stereocenters. The standard InChI is InChI=1S/C27H27F2N5O5S2/c1-27(2,3)23(15-39-40(4,35)36)32-25-22(29)10-18(12-30)24(33-25)21-14-34(26-20(21)11-19(28)13-31-26)41(37,38)16-17-8-6-5-7-9-17/h5-11,13-14,23H,15-16H2,1-4H3,(H,32,33)/t23-/m1/s1. The van der Waals surface area contributed by atoms with Crippen LogP contribution in [0.2, 0.25) is 0 Å². The van der Waals surface area contributed by atoms with E-state index in [2.05, 4.69) is 15.3 Å². The quantitative estimate of drug-likeness (QED) is 0.275. The smallest absolute Gasteiger partial charge is 0.264 e. The minimum absolute atomic E-state index is 0.0305. The molecule has 0 saturated carbocycles. The van der Waals surface area contributed by atoms with Crippen LogP contribution in [0.25, 0.3) is 22.3 Å². The number of halogens is 2. The van der Waals surface area contributed by atoms with Gasteiger partial charge in [-0.15, -0.1) is 0 Å². The molecule has 0 bridgehead atoms. The molecule has 3 heterocycles. The van der Waals surface area contributed by atoms with E-state index in [4.69, 9.17) is 4.18 Å². The summed E-state index contributed by atoms with van der Waals surface area (Å²) in [5.41, 5.74) is -0.567. The van der Waals surface area contributed by atoms with Crippen molar-refractivity contribution in [2.45, 2.75) is 32.6 Å². The third kappa shape index (κ3) is 6.87. The zero-order valence-electron chi connectivity index (χ0n) is 22.6. The lowest BCUT2D eigenvalue weighted by molar-refractivity contribution is 0.224. The predicted octanol–water partition coefficient (Wildman–Crippen LogP) is 4.43. The van der Waals surface area contributed by atoms with Crippen LogP contribution < -0.4 is 5.32 Å². The Labute approximate surface area is 236 Å². The van der Waals surface area contributed by atoms with Crippen LogP contribution in [0.3, 0.4) is 0 Å². The van der Waals surface area contributed by atoms with Crippen LogP contribution in [-0.4, -0.2) is 49.7 Å². The zero-order chi connectivity index (χ0) is 30.2. The number of rotatable bonds is 9. The van der Waals surface area contributed by atoms with E-state index in [0.717, 1.165) is 28.6 Å². The molecule has 3 aromatic heterocycles. The molecular weight excluding hydrogens is 576 g/mol. The van der Waals surface area contributed by atoms with E-state index in [9.17, 15) is 26.5 Å². The first-order chi connectivity index (χ1) is 19.1. The number of pyridine rings is 2. The van der Waals surface area contributed by atoms with E-state index < -0.39 is 49.0 Å². The molecule has 0 aliphatic carbocycles. The lowest BCUT2D eigenvalue weighted by atomic mass is 9.87. The molecule has 0 amide bonds. The summed E-state index contributed by atoms with van der Waals surface area (Å²) in [6.45, 7) is 4.99. The number of nitrogens with zero attached hydrogens (tertiary/aromatic N) is 4. The fourth-order valence-corrected chi connectivity index (χ4v) is 5.87. The average molecular weight is 604 g/mol. The van der Waals surface area contributed by atoms with Gasteiger partial charge >= 0.3 is 0 Å². The molecule has 0 aliphatic heterocycles. The molecule has 0 radical (unpaired) electrons. The maximum Gasteiger partial charge on any atom is 0.264 e. The number of hydrogen-bond acceptors (Lipinski definition) is 9. The van der Waals surface area contributed by atoms with Gasteiger partial charge in [-0.05, 0) is 23.1 Å². The second-order valence-electron chi connectivity index (χ2n) is 10.5. The molecule has 1 aromatic carbocycles. The molecule has 0 saturated heterocycles. The van der Waals surface area contributed by atoms with Crippen molar-refractivity contribution in [3.05, 3.63) is 77.6 Å². The SMILES string of the molecule is CC(C)(C)[C@@H](COS(C)(=O)=O)Nc1nc(-c2cn(S(=O)(=O)Cc3ccccc3)c3ncc(F)cc23)c(C#N)cc1F. The van der Waals surface area contributed by atoms with Gasteiger partial charge in [0.2, 0.25) is 10.0 Å². The Morgan fingerprint density at radius 1 is 1.12 bits per heavy atom. The maximum absolute atomic E-state index is 15.2. The molecule has 0 fully saturated rings. The van der Waals surface area contributed by atoms with E-state index in [1.165, 1.54) is 6.20 Å². The van der Waals surface area contributed by atoms with Crippen molar-refractivity contribution in [3.8, 4) is 17.3 Å². The second kappa shape index (κ2) is 11.2. The largest absolute Gasteiger partial charge is 0.362 e. The molecule has 10 nitrogen and oxygen atoms in total. The first-order valence-corrected chi connectivity index (χ1v) is 15.7. The molecule has 41 heavy (non-hydrogen) atoms. The van der Waals surface area contributed by atoms with E-state index in [0.29, 0.717) is 5.56 Å². The van der Waals surface area contributed by atoms with Crippen molar-refractivity contribution in [1.29, 1.82) is 5.26 Å². The van der Waals surface area contributed by atoms with Crippen LogP contribution >= 0.6 is 0 Å². The van der Waals surface area contributed by atoms with Gasteiger partial charge in [-0.2, -0.15) is 13.7 Å². The van der Waals surface area contributed by atoms with Crippen LogP contribution in [0.5, 0.6) is 0 Å². The van der Waals surface area contributed by atoms with Crippen LogP contribution in [0.4, 0.5) is 14.6 Å². The Balaban J connectivity index is 1.87. The number of nitriles is 1. The molecule has 4 rings (SSSR count). The minimum atomic E-state index is -4.08. The molecule has 4 aromatic rings. The van der Waals surface area contributed by atoms with Crippen molar-refractivity contribution in [2.75, 3.05) is 18.2 Å². The van der Waals surface area contributed by atoms with Crippen molar-refractivity contribution in [2.24, 2.45) is 5.41 Å². The number of nitrogens with one attached hydrogen (secondary N) is 1. The van der Waals surface area contributed by atoms with Gasteiger partial charge in [-0.3, -0.25) is 4.18 Å². The lowest BCUT2D eigenvalue weighted by Gasteiger charge is -2.31. The van der Waals surface area contributed by atoms with Gasteiger partial charge in [0, 0.05) is 17.1 Å². The summed E-state index contributed by atoms with van der Waals surface area (Å²) in [5.74, 6) is -2.41. The highest BCUT2D eigenvalue weighted by atomic mass is 32.2. The number of anilines is 1. The van der Waals surface area contributed by atoms with Gasteiger partial charge in [0.25, 0.3) is 10.1 Å². The summed E-state index contributed by atoms with van der Waals surface area (Å²) in [7, 11) is -7.88. The Hall–Kier alpha value is -3.93. The van der Waals surface area contributed by atoms with Crippen LogP contribution in [0.15, 0.2) is 54.9 Å². The topological polar surface area (TPSA) is 144 Å². The van der Waals surface area contributed by atoms with Crippen molar-refractivity contribution < 1.29 is 29.8 Å². The van der Waals surface area contributed by atoms with Gasteiger partial charge in [0.05, 0.1) is 42.1 Å². The monoisotopic (exact) mass is 603 g/mol. The van der Waals surface area contributed by atoms with Gasteiger partial charge in [-0.25, -0.2) is 31.1 Å². The van der Waals surface area contributed by atoms with E-state index in [-0.39, 0.29) is 40.3 Å². The van der Waals surface area contributed by atoms with Gasteiger partial charge in [0.1, 0.15) is 11.9 Å². The van der Waals surface area contributed by atoms with Gasteiger partial charge < -0.3 is 5.32 Å². The molecule has 0 aliphatic rings. The van der Waals surface area contributed by atoms with E-state index in [1.54, 1.807) is 51.1 Å². The van der Waals surface area contributed by atoms with E-state index >= 15 is 4.39 Å². The molecule has 216 valence electrons. The third-order valence-electron chi connectivity index (χ3n) is 6.23. The molecule has 1 N–H and O–H groups in total. The fraction of sp³-hybridized carbons (Fsp3) is 0.296. The highest BCUT2D eigenvalue weighted by Gasteiger charge is 2.29. The second-order valence-corrected chi connectivity index (χ2v) is 14.0. The fourth-order valence-electron chi connectivity index (χ4n) is 4.05. The number of benzene rings is 1. The summed E-state index contributed by atoms with van der Waals surface area (Å²) >= 11 is 0. The van der Waals surface area contributed by atoms with Crippen molar-refractivity contribution in [1.82, 2.24) is 13.9 Å². The molecule has 14 heteroatoms. The minimum Gasteiger partial charge on any atom is -0.362 e. The third-order valence-corrected chi connectivity index (χ3v) is 8.37. The lowest BCUT2D eigenvalue weighted by Crippen LogP contribution is -2.39. The van der Waals surface area contributed by atoms with Gasteiger partial charge in [0.15, 0.2) is 17.3 Å². The number of aromatic nitrogens is 3. The summed E-state index contributed by atoms with van der Waals surface area (Å²) in [6.07, 6.45) is 2.93. The molecule has 0 unspecified atom stereocenters. The summed E-state index contributed by atoms with van der Waals surface area (Å²) in [4.78, 5) is 8.29. The van der Waals surface area contributed by atoms with Crippen molar-refractivity contribution >= 4 is 37.0 Å². The maximum atomic E-state index is 15.2. The van der Waals surface area contributed by atoms with Crippen LogP contribution in [0, 0.1) is 28.4 Å². The zero-order valence-corrected chi connectivity index (χ0v) is 24.2. The Kier molecular flexibility index (Phi) is 8.17. The summed E-state index contributed by atoms with van der Waals surface area (Å²) < 4.78 is 85.4. The predicted molar refractivity (Wildman–Crippen MR) is 150 cm³/mol. The van der Waals surface area contributed by atoms with Crippen LogP contribution in [0.1, 0.15) is 31.9 Å². The van der Waals surface area contributed by atoms with E-state index in [1.807, 2.05) is 6.07 Å². The average Bonchev–Trinajstić information content (AvgIpc) is 3.25.